The minimum absolute atomic E-state index is 0.133. The maximum absolute atomic E-state index is 12.7. The molecule has 4 heteroatoms. The van der Waals surface area contributed by atoms with Crippen molar-refractivity contribution >= 4 is 17.3 Å². The Morgan fingerprint density at radius 3 is 2.42 bits per heavy atom. The minimum Gasteiger partial charge on any atom is -0.397 e. The molecule has 2 N–H and O–H groups in total. The SMILES string of the molecule is CC.Cc1c(N)cnc(Cl)c1F. The van der Waals surface area contributed by atoms with E-state index in [1.807, 2.05) is 13.8 Å². The van der Waals surface area contributed by atoms with Crippen LogP contribution in [-0.4, -0.2) is 4.98 Å². The summed E-state index contributed by atoms with van der Waals surface area (Å²) in [6.45, 7) is 5.55. The molecule has 1 heterocycles. The maximum atomic E-state index is 12.7. The maximum Gasteiger partial charge on any atom is 0.165 e. The Balaban J connectivity index is 0.000000561. The van der Waals surface area contributed by atoms with E-state index >= 15 is 0 Å². The third-order valence-corrected chi connectivity index (χ3v) is 1.52. The molecule has 1 aromatic rings. The van der Waals surface area contributed by atoms with Crippen molar-refractivity contribution < 1.29 is 4.39 Å². The van der Waals surface area contributed by atoms with Gasteiger partial charge >= 0.3 is 0 Å². The van der Waals surface area contributed by atoms with Gasteiger partial charge in [0, 0.05) is 5.56 Å². The highest BCUT2D eigenvalue weighted by atomic mass is 35.5. The van der Waals surface area contributed by atoms with Crippen molar-refractivity contribution in [2.24, 2.45) is 0 Å². The average molecular weight is 191 g/mol. The van der Waals surface area contributed by atoms with Gasteiger partial charge in [-0.05, 0) is 6.92 Å². The largest absolute Gasteiger partial charge is 0.397 e. The lowest BCUT2D eigenvalue weighted by molar-refractivity contribution is 0.613. The normalized spacial score (nSPS) is 8.75. The molecular weight excluding hydrogens is 179 g/mol. The summed E-state index contributed by atoms with van der Waals surface area (Å²) in [7, 11) is 0. The molecule has 0 atom stereocenters. The molecule has 0 saturated carbocycles. The van der Waals surface area contributed by atoms with Crippen LogP contribution in [0.15, 0.2) is 6.20 Å². The topological polar surface area (TPSA) is 38.9 Å². The minimum atomic E-state index is -0.540. The van der Waals surface area contributed by atoms with E-state index in [0.717, 1.165) is 0 Å². The van der Waals surface area contributed by atoms with Gasteiger partial charge in [-0.3, -0.25) is 0 Å². The Kier molecular flexibility index (Phi) is 4.59. The molecule has 0 fully saturated rings. The zero-order chi connectivity index (χ0) is 9.72. The van der Waals surface area contributed by atoms with E-state index in [0.29, 0.717) is 11.3 Å². The summed E-state index contributed by atoms with van der Waals surface area (Å²) >= 11 is 5.34. The Hall–Kier alpha value is -0.830. The highest BCUT2D eigenvalue weighted by molar-refractivity contribution is 6.29. The van der Waals surface area contributed by atoms with Crippen LogP contribution in [0.2, 0.25) is 5.15 Å². The highest BCUT2D eigenvalue weighted by Crippen LogP contribution is 2.18. The second-order valence-electron chi connectivity index (χ2n) is 1.94. The first-order valence-electron chi connectivity index (χ1n) is 3.69. The monoisotopic (exact) mass is 190 g/mol. The zero-order valence-electron chi connectivity index (χ0n) is 7.36. The molecule has 0 aliphatic heterocycles. The van der Waals surface area contributed by atoms with E-state index in [1.165, 1.54) is 6.20 Å². The number of anilines is 1. The Labute approximate surface area is 76.6 Å². The molecule has 0 aliphatic carbocycles. The van der Waals surface area contributed by atoms with E-state index in [1.54, 1.807) is 6.92 Å². The molecule has 0 amide bonds. The molecule has 1 rings (SSSR count). The zero-order valence-corrected chi connectivity index (χ0v) is 8.11. The predicted molar refractivity (Wildman–Crippen MR) is 49.7 cm³/mol. The first-order valence-corrected chi connectivity index (χ1v) is 4.07. The Morgan fingerprint density at radius 2 is 2.00 bits per heavy atom. The van der Waals surface area contributed by atoms with Crippen LogP contribution in [0.4, 0.5) is 10.1 Å². The van der Waals surface area contributed by atoms with E-state index in [4.69, 9.17) is 17.3 Å². The number of aromatic nitrogens is 1. The summed E-state index contributed by atoms with van der Waals surface area (Å²) in [4.78, 5) is 3.50. The molecule has 0 aromatic carbocycles. The van der Waals surface area contributed by atoms with Gasteiger partial charge in [-0.25, -0.2) is 9.37 Å². The van der Waals surface area contributed by atoms with Crippen LogP contribution in [0.5, 0.6) is 0 Å². The first-order chi connectivity index (χ1) is 5.63. The summed E-state index contributed by atoms with van der Waals surface area (Å²) in [6, 6.07) is 0. The van der Waals surface area contributed by atoms with E-state index < -0.39 is 5.82 Å². The lowest BCUT2D eigenvalue weighted by atomic mass is 10.2. The second-order valence-corrected chi connectivity index (χ2v) is 2.30. The van der Waals surface area contributed by atoms with Gasteiger partial charge in [-0.2, -0.15) is 0 Å². The molecule has 0 bridgehead atoms. The second kappa shape index (κ2) is 4.93. The Bertz CT molecular complexity index is 236. The van der Waals surface area contributed by atoms with Crippen molar-refractivity contribution in [2.45, 2.75) is 20.8 Å². The van der Waals surface area contributed by atoms with E-state index in [-0.39, 0.29) is 5.15 Å². The van der Waals surface area contributed by atoms with E-state index in [2.05, 4.69) is 4.98 Å². The molecular formula is C8H12ClFN2. The van der Waals surface area contributed by atoms with E-state index in [9.17, 15) is 4.39 Å². The van der Waals surface area contributed by atoms with Crippen LogP contribution in [0, 0.1) is 12.7 Å². The van der Waals surface area contributed by atoms with Gasteiger partial charge in [-0.15, -0.1) is 0 Å². The number of pyridine rings is 1. The predicted octanol–water partition coefficient (Wildman–Crippen LogP) is 2.79. The third kappa shape index (κ3) is 2.34. The van der Waals surface area contributed by atoms with Gasteiger partial charge in [0.05, 0.1) is 11.9 Å². The van der Waals surface area contributed by atoms with Gasteiger partial charge < -0.3 is 5.73 Å². The number of nitrogens with zero attached hydrogens (tertiary/aromatic N) is 1. The summed E-state index contributed by atoms with van der Waals surface area (Å²) in [5.41, 5.74) is 6.00. The molecule has 1 aromatic heterocycles. The molecule has 0 spiro atoms. The fraction of sp³-hybridized carbons (Fsp3) is 0.375. The quantitative estimate of drug-likeness (QED) is 0.639. The van der Waals surface area contributed by atoms with Crippen LogP contribution in [-0.2, 0) is 0 Å². The molecule has 0 saturated heterocycles. The fourth-order valence-corrected chi connectivity index (χ4v) is 0.752. The lowest BCUT2D eigenvalue weighted by Gasteiger charge is -2.00. The fourth-order valence-electron chi connectivity index (χ4n) is 0.561. The number of nitrogens with two attached hydrogens (primary N) is 1. The van der Waals surface area contributed by atoms with Gasteiger partial charge in [-0.1, -0.05) is 25.4 Å². The lowest BCUT2D eigenvalue weighted by Crippen LogP contribution is -1.95. The summed E-state index contributed by atoms with van der Waals surface area (Å²) in [5.74, 6) is -0.540. The van der Waals surface area contributed by atoms with Crippen molar-refractivity contribution in [3.63, 3.8) is 0 Å². The summed E-state index contributed by atoms with van der Waals surface area (Å²) in [6.07, 6.45) is 1.33. The molecule has 2 nitrogen and oxygen atoms in total. The number of rotatable bonds is 0. The first kappa shape index (κ1) is 11.2. The van der Waals surface area contributed by atoms with Crippen molar-refractivity contribution in [1.29, 1.82) is 0 Å². The van der Waals surface area contributed by atoms with Crippen LogP contribution >= 0.6 is 11.6 Å². The van der Waals surface area contributed by atoms with Gasteiger partial charge in [0.2, 0.25) is 0 Å². The van der Waals surface area contributed by atoms with Gasteiger partial charge in [0.1, 0.15) is 0 Å². The number of hydrogen-bond donors (Lipinski definition) is 1. The van der Waals surface area contributed by atoms with Gasteiger partial charge in [0.25, 0.3) is 0 Å². The summed E-state index contributed by atoms with van der Waals surface area (Å²) < 4.78 is 12.7. The summed E-state index contributed by atoms with van der Waals surface area (Å²) in [5, 5.41) is -0.133. The smallest absolute Gasteiger partial charge is 0.165 e. The number of halogens is 2. The molecule has 0 unspecified atom stereocenters. The van der Waals surface area contributed by atoms with Crippen molar-refractivity contribution in [3.8, 4) is 0 Å². The molecule has 12 heavy (non-hydrogen) atoms. The third-order valence-electron chi connectivity index (χ3n) is 1.26. The van der Waals surface area contributed by atoms with Crippen molar-refractivity contribution in [3.05, 3.63) is 22.7 Å². The highest BCUT2D eigenvalue weighted by Gasteiger charge is 2.05. The van der Waals surface area contributed by atoms with Gasteiger partial charge in [0.15, 0.2) is 11.0 Å². The molecule has 0 radical (unpaired) electrons. The molecule has 0 aliphatic rings. The van der Waals surface area contributed by atoms with Crippen LogP contribution in [0.3, 0.4) is 0 Å². The van der Waals surface area contributed by atoms with Crippen molar-refractivity contribution in [2.75, 3.05) is 5.73 Å². The van der Waals surface area contributed by atoms with Crippen LogP contribution in [0.1, 0.15) is 19.4 Å². The molecule has 68 valence electrons. The Morgan fingerprint density at radius 1 is 1.50 bits per heavy atom. The van der Waals surface area contributed by atoms with Crippen LogP contribution < -0.4 is 5.73 Å². The number of hydrogen-bond acceptors (Lipinski definition) is 2. The average Bonchev–Trinajstić information content (AvgIpc) is 2.12. The van der Waals surface area contributed by atoms with Crippen molar-refractivity contribution in [1.82, 2.24) is 4.98 Å². The van der Waals surface area contributed by atoms with Crippen LogP contribution in [0.25, 0.3) is 0 Å². The standard InChI is InChI=1S/C6H6ClFN2.C2H6/c1-3-4(9)2-10-6(7)5(3)8;1-2/h2H,9H2,1H3;1-2H3. The number of nitrogen functional groups attached to an aromatic ring is 1.